The second kappa shape index (κ2) is 7.97. The van der Waals surface area contributed by atoms with E-state index in [-0.39, 0.29) is 18.2 Å². The smallest absolute Gasteiger partial charge is 0.410 e. The Balaban J connectivity index is 1.57. The largest absolute Gasteiger partial charge is 0.493 e. The SMILES string of the molecule is COc1ccc(CNC2C[C@H]3CC[C@@H](C2)N3C(=O)OC(C)(C)C)cc1OC. The molecule has 6 nitrogen and oxygen atoms in total. The molecule has 2 bridgehead atoms. The van der Waals surface area contributed by atoms with Crippen molar-refractivity contribution in [3.63, 3.8) is 0 Å². The molecule has 2 aliphatic rings. The van der Waals surface area contributed by atoms with Gasteiger partial charge in [-0.3, -0.25) is 0 Å². The Morgan fingerprint density at radius 2 is 1.74 bits per heavy atom. The van der Waals surface area contributed by atoms with Crippen LogP contribution in [0.3, 0.4) is 0 Å². The summed E-state index contributed by atoms with van der Waals surface area (Å²) < 4.78 is 16.3. The van der Waals surface area contributed by atoms with Crippen LogP contribution in [-0.2, 0) is 11.3 Å². The highest BCUT2D eigenvalue weighted by Crippen LogP contribution is 2.37. The maximum atomic E-state index is 12.5. The minimum Gasteiger partial charge on any atom is -0.493 e. The summed E-state index contributed by atoms with van der Waals surface area (Å²) in [5, 5.41) is 3.66. The van der Waals surface area contributed by atoms with Gasteiger partial charge in [0, 0.05) is 24.7 Å². The Kier molecular flexibility index (Phi) is 5.84. The summed E-state index contributed by atoms with van der Waals surface area (Å²) in [7, 11) is 3.29. The summed E-state index contributed by atoms with van der Waals surface area (Å²) in [5.41, 5.74) is 0.716. The Morgan fingerprint density at radius 1 is 1.11 bits per heavy atom. The van der Waals surface area contributed by atoms with E-state index in [1.165, 1.54) is 0 Å². The molecule has 3 rings (SSSR count). The number of ether oxygens (including phenoxy) is 3. The van der Waals surface area contributed by atoms with Gasteiger partial charge in [-0.15, -0.1) is 0 Å². The summed E-state index contributed by atoms with van der Waals surface area (Å²) in [6.07, 6.45) is 3.93. The number of amides is 1. The maximum absolute atomic E-state index is 12.5. The Hall–Kier alpha value is -1.95. The van der Waals surface area contributed by atoms with Crippen LogP contribution in [0.2, 0.25) is 0 Å². The van der Waals surface area contributed by atoms with Crippen LogP contribution in [0.5, 0.6) is 11.5 Å². The molecule has 27 heavy (non-hydrogen) atoms. The molecule has 0 saturated carbocycles. The summed E-state index contributed by atoms with van der Waals surface area (Å²) in [6.45, 7) is 6.54. The van der Waals surface area contributed by atoms with Crippen LogP contribution in [0, 0.1) is 0 Å². The van der Waals surface area contributed by atoms with Crippen LogP contribution in [0.25, 0.3) is 0 Å². The summed E-state index contributed by atoms with van der Waals surface area (Å²) in [6, 6.07) is 6.97. The summed E-state index contributed by atoms with van der Waals surface area (Å²) in [5.74, 6) is 1.49. The molecule has 1 N–H and O–H groups in total. The molecule has 0 spiro atoms. The number of fused-ring (bicyclic) bond motifs is 2. The molecule has 1 amide bonds. The minimum absolute atomic E-state index is 0.159. The first-order chi connectivity index (χ1) is 12.8. The van der Waals surface area contributed by atoms with Crippen LogP contribution >= 0.6 is 0 Å². The van der Waals surface area contributed by atoms with Crippen LogP contribution < -0.4 is 14.8 Å². The average molecular weight is 376 g/mol. The van der Waals surface area contributed by atoms with Crippen molar-refractivity contribution in [2.45, 2.75) is 76.7 Å². The monoisotopic (exact) mass is 376 g/mol. The number of carbonyl (C=O) groups excluding carboxylic acids is 1. The molecule has 0 radical (unpaired) electrons. The van der Waals surface area contributed by atoms with E-state index in [9.17, 15) is 4.79 Å². The topological polar surface area (TPSA) is 60.0 Å². The molecule has 0 aliphatic carbocycles. The van der Waals surface area contributed by atoms with Gasteiger partial charge in [0.05, 0.1) is 14.2 Å². The van der Waals surface area contributed by atoms with Crippen molar-refractivity contribution in [2.75, 3.05) is 14.2 Å². The average Bonchev–Trinajstić information content (AvgIpc) is 2.89. The van der Waals surface area contributed by atoms with Gasteiger partial charge in [-0.1, -0.05) is 6.07 Å². The summed E-state index contributed by atoms with van der Waals surface area (Å²) in [4.78, 5) is 14.5. The van der Waals surface area contributed by atoms with Crippen molar-refractivity contribution in [3.8, 4) is 11.5 Å². The van der Waals surface area contributed by atoms with Gasteiger partial charge in [-0.25, -0.2) is 4.79 Å². The number of hydrogen-bond donors (Lipinski definition) is 1. The molecule has 1 aromatic rings. The van der Waals surface area contributed by atoms with Gasteiger partial charge in [-0.2, -0.15) is 0 Å². The third kappa shape index (κ3) is 4.67. The molecule has 2 aliphatic heterocycles. The fourth-order valence-corrected chi connectivity index (χ4v) is 4.21. The van der Waals surface area contributed by atoms with E-state index < -0.39 is 5.60 Å². The predicted molar refractivity (Wildman–Crippen MR) is 104 cm³/mol. The summed E-state index contributed by atoms with van der Waals surface area (Å²) >= 11 is 0. The van der Waals surface area contributed by atoms with Gasteiger partial charge in [-0.05, 0) is 64.2 Å². The van der Waals surface area contributed by atoms with Crippen LogP contribution in [-0.4, -0.2) is 48.9 Å². The van der Waals surface area contributed by atoms with Gasteiger partial charge in [0.1, 0.15) is 5.60 Å². The van der Waals surface area contributed by atoms with Crippen LogP contribution in [0.15, 0.2) is 18.2 Å². The van der Waals surface area contributed by atoms with Gasteiger partial charge in [0.2, 0.25) is 0 Å². The predicted octanol–water partition coefficient (Wildman–Crippen LogP) is 3.72. The zero-order valence-electron chi connectivity index (χ0n) is 17.1. The Labute approximate surface area is 162 Å². The first-order valence-electron chi connectivity index (χ1n) is 9.76. The molecule has 1 aromatic carbocycles. The van der Waals surface area contributed by atoms with Gasteiger partial charge in [0.15, 0.2) is 11.5 Å². The maximum Gasteiger partial charge on any atom is 0.410 e. The van der Waals surface area contributed by atoms with E-state index >= 15 is 0 Å². The number of nitrogens with one attached hydrogen (secondary N) is 1. The van der Waals surface area contributed by atoms with Crippen LogP contribution in [0.1, 0.15) is 52.0 Å². The van der Waals surface area contributed by atoms with Crippen molar-refractivity contribution in [3.05, 3.63) is 23.8 Å². The fraction of sp³-hybridized carbons (Fsp3) is 0.667. The highest BCUT2D eigenvalue weighted by atomic mass is 16.6. The molecular weight excluding hydrogens is 344 g/mol. The van der Waals surface area contributed by atoms with E-state index in [0.29, 0.717) is 6.04 Å². The first kappa shape index (κ1) is 19.8. The number of methoxy groups -OCH3 is 2. The Morgan fingerprint density at radius 3 is 2.30 bits per heavy atom. The molecule has 2 saturated heterocycles. The minimum atomic E-state index is -0.445. The van der Waals surface area contributed by atoms with Crippen molar-refractivity contribution in [1.29, 1.82) is 0 Å². The van der Waals surface area contributed by atoms with E-state index in [0.717, 1.165) is 49.3 Å². The van der Waals surface area contributed by atoms with Gasteiger partial charge in [0.25, 0.3) is 0 Å². The van der Waals surface area contributed by atoms with Gasteiger partial charge >= 0.3 is 6.09 Å². The van der Waals surface area contributed by atoms with Crippen molar-refractivity contribution >= 4 is 6.09 Å². The molecule has 0 aromatic heterocycles. The first-order valence-corrected chi connectivity index (χ1v) is 9.76. The molecule has 6 heteroatoms. The second-order valence-electron chi connectivity index (χ2n) is 8.51. The van der Waals surface area contributed by atoms with Crippen molar-refractivity contribution < 1.29 is 19.0 Å². The van der Waals surface area contributed by atoms with E-state index in [2.05, 4.69) is 11.4 Å². The lowest BCUT2D eigenvalue weighted by Crippen LogP contribution is -2.52. The standard InChI is InChI=1S/C21H32N2O4/c1-21(2,3)27-20(24)23-16-7-8-17(23)12-15(11-16)22-13-14-6-9-18(25-4)19(10-14)26-5/h6,9-10,15-17,22H,7-8,11-13H2,1-5H3/t15?,16-,17+. The Bertz CT molecular complexity index is 657. The fourth-order valence-electron chi connectivity index (χ4n) is 4.21. The lowest BCUT2D eigenvalue weighted by atomic mass is 9.97. The van der Waals surface area contributed by atoms with Gasteiger partial charge < -0.3 is 24.4 Å². The highest BCUT2D eigenvalue weighted by Gasteiger charge is 2.44. The van der Waals surface area contributed by atoms with E-state index in [1.807, 2.05) is 37.8 Å². The molecule has 3 atom stereocenters. The number of rotatable bonds is 5. The second-order valence-corrected chi connectivity index (χ2v) is 8.51. The molecule has 2 fully saturated rings. The number of piperidine rings is 1. The number of hydrogen-bond acceptors (Lipinski definition) is 5. The molecule has 1 unspecified atom stereocenters. The third-order valence-corrected chi connectivity index (χ3v) is 5.38. The highest BCUT2D eigenvalue weighted by molar-refractivity contribution is 5.69. The quantitative estimate of drug-likeness (QED) is 0.849. The normalized spacial score (nSPS) is 24.6. The lowest BCUT2D eigenvalue weighted by Gasteiger charge is -2.39. The molecular formula is C21H32N2O4. The van der Waals surface area contributed by atoms with Crippen molar-refractivity contribution in [2.24, 2.45) is 0 Å². The van der Waals surface area contributed by atoms with Crippen molar-refractivity contribution in [1.82, 2.24) is 10.2 Å². The zero-order valence-corrected chi connectivity index (χ0v) is 17.1. The van der Waals surface area contributed by atoms with E-state index in [1.54, 1.807) is 14.2 Å². The van der Waals surface area contributed by atoms with E-state index in [4.69, 9.17) is 14.2 Å². The van der Waals surface area contributed by atoms with Crippen LogP contribution in [0.4, 0.5) is 4.79 Å². The number of benzene rings is 1. The number of carbonyl (C=O) groups is 1. The lowest BCUT2D eigenvalue weighted by molar-refractivity contribution is 0.00466. The molecule has 150 valence electrons. The zero-order chi connectivity index (χ0) is 19.6. The molecule has 2 heterocycles. The third-order valence-electron chi connectivity index (χ3n) is 5.38. The number of nitrogens with zero attached hydrogens (tertiary/aromatic N) is 1.